The molecule has 0 radical (unpaired) electrons. The molecule has 0 aliphatic heterocycles. The average Bonchev–Trinajstić information content (AvgIpc) is 2.86. The summed E-state index contributed by atoms with van der Waals surface area (Å²) in [7, 11) is -7.66. The molecule has 210 valence electrons. The van der Waals surface area contributed by atoms with Gasteiger partial charge in [0, 0.05) is 26.3 Å². The lowest BCUT2D eigenvalue weighted by molar-refractivity contribution is -0.384. The van der Waals surface area contributed by atoms with Gasteiger partial charge in [0.05, 0.1) is 22.0 Å². The Hall–Kier alpha value is -3.24. The maximum atomic E-state index is 13.3. The van der Waals surface area contributed by atoms with E-state index in [-0.39, 0.29) is 36.0 Å². The van der Waals surface area contributed by atoms with E-state index in [9.17, 15) is 40.1 Å². The lowest BCUT2D eigenvalue weighted by Gasteiger charge is -2.22. The molecule has 0 N–H and O–H groups in total. The highest BCUT2D eigenvalue weighted by Gasteiger charge is 2.32. The monoisotopic (exact) mass is 608 g/mol. The fourth-order valence-electron chi connectivity index (χ4n) is 3.32. The Morgan fingerprint density at radius 1 is 0.974 bits per heavy atom. The molecule has 0 saturated carbocycles. The van der Waals surface area contributed by atoms with Gasteiger partial charge >= 0.3 is 16.3 Å². The molecule has 0 bridgehead atoms. The SMILES string of the molecule is COCCN(Cc1cccc(OS(=O)(=O)c2cccc(C(F)(F)F)c2)c1)S(=O)(=O)c1ccc(Cl)c([N+](=O)[O-])c1. The molecular weight excluding hydrogens is 589 g/mol. The number of sulfonamides is 1. The number of ether oxygens (including phenoxy) is 1. The molecule has 0 fully saturated rings. The maximum absolute atomic E-state index is 13.3. The molecule has 10 nitrogen and oxygen atoms in total. The van der Waals surface area contributed by atoms with Crippen molar-refractivity contribution in [1.29, 1.82) is 0 Å². The molecule has 0 aliphatic rings. The number of alkyl halides is 3. The topological polar surface area (TPSA) is 133 Å². The van der Waals surface area contributed by atoms with Crippen molar-refractivity contribution in [2.45, 2.75) is 22.5 Å². The van der Waals surface area contributed by atoms with Gasteiger partial charge in [0.1, 0.15) is 15.7 Å². The van der Waals surface area contributed by atoms with Crippen LogP contribution >= 0.6 is 11.6 Å². The van der Waals surface area contributed by atoms with Crippen LogP contribution in [0.1, 0.15) is 11.1 Å². The smallest absolute Gasteiger partial charge is 0.383 e. The number of nitro benzene ring substituents is 1. The molecule has 0 saturated heterocycles. The summed E-state index contributed by atoms with van der Waals surface area (Å²) in [6.07, 6.45) is -4.77. The number of rotatable bonds is 11. The van der Waals surface area contributed by atoms with Crippen molar-refractivity contribution in [3.8, 4) is 5.75 Å². The summed E-state index contributed by atoms with van der Waals surface area (Å²) in [6.45, 7) is -0.555. The van der Waals surface area contributed by atoms with Gasteiger partial charge in [0.25, 0.3) is 5.69 Å². The largest absolute Gasteiger partial charge is 0.416 e. The lowest BCUT2D eigenvalue weighted by atomic mass is 10.2. The molecule has 0 aromatic heterocycles. The van der Waals surface area contributed by atoms with Crippen LogP contribution in [0.25, 0.3) is 0 Å². The number of nitro groups is 1. The second-order valence-corrected chi connectivity index (χ2v) is 11.8. The van der Waals surface area contributed by atoms with E-state index in [1.165, 1.54) is 31.4 Å². The maximum Gasteiger partial charge on any atom is 0.416 e. The van der Waals surface area contributed by atoms with Gasteiger partial charge in [-0.25, -0.2) is 8.42 Å². The minimum atomic E-state index is -4.77. The number of hydrogen-bond donors (Lipinski definition) is 0. The molecule has 0 amide bonds. The standard InChI is InChI=1S/C23H20ClF3N2O8S2/c1-36-11-10-28(38(32,33)19-8-9-21(24)22(14-19)29(30)31)15-16-4-2-6-18(12-16)37-39(34,35)20-7-3-5-17(13-20)23(25,26)27/h2-9,12-14H,10-11,15H2,1H3. The molecule has 0 atom stereocenters. The first-order valence-electron chi connectivity index (χ1n) is 10.8. The molecule has 3 aromatic rings. The minimum Gasteiger partial charge on any atom is -0.383 e. The predicted octanol–water partition coefficient (Wildman–Crippen LogP) is 4.87. The molecule has 0 unspecified atom stereocenters. The third-order valence-electron chi connectivity index (χ3n) is 5.21. The van der Waals surface area contributed by atoms with Crippen molar-refractivity contribution in [2.24, 2.45) is 0 Å². The Balaban J connectivity index is 1.91. The highest BCUT2D eigenvalue weighted by Crippen LogP contribution is 2.32. The van der Waals surface area contributed by atoms with Crippen molar-refractivity contribution in [1.82, 2.24) is 4.31 Å². The fraction of sp³-hybridized carbons (Fsp3) is 0.217. The summed E-state index contributed by atoms with van der Waals surface area (Å²) >= 11 is 5.79. The van der Waals surface area contributed by atoms with Crippen LogP contribution in [0.15, 0.2) is 76.5 Å². The number of benzene rings is 3. The zero-order chi connectivity index (χ0) is 29.0. The van der Waals surface area contributed by atoms with Gasteiger partial charge < -0.3 is 8.92 Å². The van der Waals surface area contributed by atoms with Gasteiger partial charge in [-0.1, -0.05) is 29.8 Å². The van der Waals surface area contributed by atoms with Crippen LogP contribution in [0, 0.1) is 10.1 Å². The Bertz CT molecular complexity index is 1580. The first-order chi connectivity index (χ1) is 18.1. The first-order valence-corrected chi connectivity index (χ1v) is 14.0. The molecule has 3 rings (SSSR count). The summed E-state index contributed by atoms with van der Waals surface area (Å²) in [5.74, 6) is -0.281. The predicted molar refractivity (Wildman–Crippen MR) is 133 cm³/mol. The van der Waals surface area contributed by atoms with Crippen molar-refractivity contribution in [3.05, 3.63) is 93.0 Å². The Morgan fingerprint density at radius 3 is 2.31 bits per heavy atom. The van der Waals surface area contributed by atoms with E-state index in [4.69, 9.17) is 20.5 Å². The van der Waals surface area contributed by atoms with Gasteiger partial charge in [-0.2, -0.15) is 25.9 Å². The van der Waals surface area contributed by atoms with Crippen molar-refractivity contribution >= 4 is 37.4 Å². The first kappa shape index (κ1) is 30.3. The van der Waals surface area contributed by atoms with Gasteiger partial charge in [-0.05, 0) is 48.0 Å². The summed E-state index contributed by atoms with van der Waals surface area (Å²) < 4.78 is 102. The van der Waals surface area contributed by atoms with E-state index >= 15 is 0 Å². The van der Waals surface area contributed by atoms with Crippen molar-refractivity contribution in [2.75, 3.05) is 20.3 Å². The normalized spacial score (nSPS) is 12.5. The van der Waals surface area contributed by atoms with Gasteiger partial charge in [-0.3, -0.25) is 10.1 Å². The van der Waals surface area contributed by atoms with Crippen LogP contribution in [0.5, 0.6) is 5.75 Å². The number of halogens is 4. The summed E-state index contributed by atoms with van der Waals surface area (Å²) in [4.78, 5) is 9.27. The van der Waals surface area contributed by atoms with Crippen LogP contribution < -0.4 is 4.18 Å². The van der Waals surface area contributed by atoms with Crippen LogP contribution in [0.2, 0.25) is 5.02 Å². The third kappa shape index (κ3) is 7.45. The second kappa shape index (κ2) is 11.9. The highest BCUT2D eigenvalue weighted by atomic mass is 35.5. The third-order valence-corrected chi connectivity index (χ3v) is 8.61. The van der Waals surface area contributed by atoms with E-state index in [0.29, 0.717) is 12.1 Å². The zero-order valence-electron chi connectivity index (χ0n) is 20.0. The Morgan fingerprint density at radius 2 is 1.67 bits per heavy atom. The quantitative estimate of drug-likeness (QED) is 0.171. The van der Waals surface area contributed by atoms with Crippen LogP contribution in [0.3, 0.4) is 0 Å². The summed E-state index contributed by atoms with van der Waals surface area (Å²) in [6, 6.07) is 11.3. The van der Waals surface area contributed by atoms with E-state index in [1.54, 1.807) is 0 Å². The summed E-state index contributed by atoms with van der Waals surface area (Å²) in [5, 5.41) is 11.0. The average molecular weight is 609 g/mol. The molecule has 0 aliphatic carbocycles. The molecular formula is C23H20ClF3N2O8S2. The summed E-state index contributed by atoms with van der Waals surface area (Å²) in [5.41, 5.74) is -1.54. The van der Waals surface area contributed by atoms with Gasteiger partial charge in [0.2, 0.25) is 10.0 Å². The molecule has 0 spiro atoms. The Labute approximate surface area is 226 Å². The second-order valence-electron chi connectivity index (χ2n) is 7.91. The van der Waals surface area contributed by atoms with E-state index < -0.39 is 52.3 Å². The van der Waals surface area contributed by atoms with Crippen molar-refractivity contribution in [3.63, 3.8) is 0 Å². The Kier molecular flexibility index (Phi) is 9.23. The van der Waals surface area contributed by atoms with Crippen LogP contribution in [0.4, 0.5) is 18.9 Å². The number of nitrogens with zero attached hydrogens (tertiary/aromatic N) is 2. The zero-order valence-corrected chi connectivity index (χ0v) is 22.3. The van der Waals surface area contributed by atoms with Gasteiger partial charge in [0.15, 0.2) is 0 Å². The van der Waals surface area contributed by atoms with E-state index in [1.807, 2.05) is 0 Å². The van der Waals surface area contributed by atoms with Gasteiger partial charge in [-0.15, -0.1) is 0 Å². The molecule has 0 heterocycles. The highest BCUT2D eigenvalue weighted by molar-refractivity contribution is 7.89. The molecule has 39 heavy (non-hydrogen) atoms. The number of methoxy groups -OCH3 is 1. The molecule has 3 aromatic carbocycles. The van der Waals surface area contributed by atoms with Crippen LogP contribution in [-0.4, -0.2) is 46.3 Å². The van der Waals surface area contributed by atoms with E-state index in [2.05, 4.69) is 0 Å². The van der Waals surface area contributed by atoms with Crippen molar-refractivity contribution < 1.29 is 43.9 Å². The number of hydrogen-bond acceptors (Lipinski definition) is 8. The van der Waals surface area contributed by atoms with E-state index in [0.717, 1.165) is 34.6 Å². The fourth-order valence-corrected chi connectivity index (χ4v) is 5.91. The molecule has 16 heteroatoms. The lowest BCUT2D eigenvalue weighted by Crippen LogP contribution is -2.33. The van der Waals surface area contributed by atoms with Crippen LogP contribution in [-0.2, 0) is 37.6 Å². The minimum absolute atomic E-state index is 0.0466.